The molecule has 0 bridgehead atoms. The summed E-state index contributed by atoms with van der Waals surface area (Å²) in [6, 6.07) is 46.6. The second kappa shape index (κ2) is 11.8. The Bertz CT molecular complexity index is 1710. The van der Waals surface area contributed by atoms with Crippen LogP contribution in [0.25, 0.3) is 55.6 Å². The van der Waals surface area contributed by atoms with E-state index in [1.807, 2.05) is 84.9 Å². The molecule has 0 amide bonds. The number of aromatic nitrogens is 2. The molecule has 0 saturated heterocycles. The van der Waals surface area contributed by atoms with Crippen LogP contribution < -0.4 is 0 Å². The Labute approximate surface area is 235 Å². The van der Waals surface area contributed by atoms with Crippen molar-refractivity contribution in [3.05, 3.63) is 146 Å². The predicted molar refractivity (Wildman–Crippen MR) is 150 cm³/mol. The summed E-state index contributed by atoms with van der Waals surface area (Å²) in [4.78, 5) is 8.68. The van der Waals surface area contributed by atoms with Gasteiger partial charge in [-0.25, -0.2) is 0 Å². The Morgan fingerprint density at radius 1 is 0.579 bits per heavy atom. The summed E-state index contributed by atoms with van der Waals surface area (Å²) in [7, 11) is 0. The van der Waals surface area contributed by atoms with E-state index in [1.165, 1.54) is 11.1 Å². The van der Waals surface area contributed by atoms with Gasteiger partial charge in [-0.1, -0.05) is 77.7 Å². The number of hydrogen-bond acceptors (Lipinski definition) is 3. The quantitative estimate of drug-likeness (QED) is 0.177. The monoisotopic (exact) mass is 667 g/mol. The van der Waals surface area contributed by atoms with E-state index in [2.05, 4.69) is 58.5 Å². The molecule has 0 N–H and O–H groups in total. The molecule has 38 heavy (non-hydrogen) atoms. The minimum Gasteiger partial charge on any atom is -0.501 e. The first-order valence-corrected chi connectivity index (χ1v) is 12.1. The molecule has 7 rings (SSSR count). The summed E-state index contributed by atoms with van der Waals surface area (Å²) in [5, 5.41) is 2.23. The third kappa shape index (κ3) is 5.19. The van der Waals surface area contributed by atoms with Crippen molar-refractivity contribution in [3.8, 4) is 33.6 Å². The molecule has 0 unspecified atom stereocenters. The zero-order chi connectivity index (χ0) is 24.9. The second-order valence-corrected chi connectivity index (χ2v) is 8.45. The fourth-order valence-electron chi connectivity index (χ4n) is 4.42. The number of pyridine rings is 2. The zero-order valence-electron chi connectivity index (χ0n) is 20.3. The summed E-state index contributed by atoms with van der Waals surface area (Å²) in [6.45, 7) is 0. The maximum atomic E-state index is 6.23. The van der Waals surface area contributed by atoms with Gasteiger partial charge in [-0.3, -0.25) is 0 Å². The Morgan fingerprint density at radius 3 is 2.03 bits per heavy atom. The van der Waals surface area contributed by atoms with Gasteiger partial charge >= 0.3 is 0 Å². The molecule has 3 aromatic heterocycles. The normalized spacial score (nSPS) is 10.4. The summed E-state index contributed by atoms with van der Waals surface area (Å²) in [6.07, 6.45) is 3.58. The largest absolute Gasteiger partial charge is 0.501 e. The van der Waals surface area contributed by atoms with Crippen LogP contribution in [-0.2, 0) is 20.1 Å². The van der Waals surface area contributed by atoms with Gasteiger partial charge in [-0.05, 0) is 40.7 Å². The van der Waals surface area contributed by atoms with Gasteiger partial charge in [0.25, 0.3) is 0 Å². The molecule has 0 saturated carbocycles. The summed E-state index contributed by atoms with van der Waals surface area (Å²) >= 11 is 0. The molecular weight excluding hydrogens is 645 g/mol. The van der Waals surface area contributed by atoms with Gasteiger partial charge in [0, 0.05) is 37.9 Å². The third-order valence-electron chi connectivity index (χ3n) is 6.11. The van der Waals surface area contributed by atoms with Crippen LogP contribution in [0.1, 0.15) is 0 Å². The molecule has 0 spiro atoms. The first-order valence-electron chi connectivity index (χ1n) is 12.1. The van der Waals surface area contributed by atoms with Gasteiger partial charge in [0.1, 0.15) is 5.58 Å². The number of nitrogens with zero attached hydrogens (tertiary/aromatic N) is 2. The van der Waals surface area contributed by atoms with E-state index < -0.39 is 0 Å². The van der Waals surface area contributed by atoms with E-state index in [1.54, 1.807) is 12.4 Å². The number of hydrogen-bond donors (Lipinski definition) is 0. The van der Waals surface area contributed by atoms with Crippen LogP contribution in [0.15, 0.2) is 138 Å². The van der Waals surface area contributed by atoms with Crippen LogP contribution in [-0.4, -0.2) is 9.97 Å². The molecule has 0 atom stereocenters. The van der Waals surface area contributed by atoms with Crippen molar-refractivity contribution in [2.45, 2.75) is 0 Å². The fraction of sp³-hybridized carbons (Fsp3) is 0. The van der Waals surface area contributed by atoms with Crippen LogP contribution >= 0.6 is 0 Å². The average molecular weight is 667 g/mol. The topological polar surface area (TPSA) is 38.9 Å². The van der Waals surface area contributed by atoms with E-state index in [-0.39, 0.29) is 20.1 Å². The maximum absolute atomic E-state index is 6.23. The SMILES string of the molecule is [Ir].[c-]1ccc2c(oc3cccc(-c4ccccc4)c32)c1-c1ccccn1.[c-]1ccccc1-c1ccccn1. The molecule has 0 aliphatic heterocycles. The number of rotatable bonds is 3. The van der Waals surface area contributed by atoms with Crippen LogP contribution in [0.3, 0.4) is 0 Å². The van der Waals surface area contributed by atoms with Crippen molar-refractivity contribution < 1.29 is 24.5 Å². The van der Waals surface area contributed by atoms with E-state index in [0.29, 0.717) is 0 Å². The van der Waals surface area contributed by atoms with Gasteiger partial charge in [0.2, 0.25) is 0 Å². The number of furan rings is 1. The van der Waals surface area contributed by atoms with Crippen molar-refractivity contribution in [2.24, 2.45) is 0 Å². The van der Waals surface area contributed by atoms with Crippen LogP contribution in [0.5, 0.6) is 0 Å². The minimum absolute atomic E-state index is 0. The number of fused-ring (bicyclic) bond motifs is 3. The smallest absolute Gasteiger partial charge is 0.121 e. The van der Waals surface area contributed by atoms with Crippen molar-refractivity contribution in [3.63, 3.8) is 0 Å². The molecule has 3 nitrogen and oxygen atoms in total. The molecule has 1 radical (unpaired) electrons. The van der Waals surface area contributed by atoms with Crippen molar-refractivity contribution >= 4 is 21.9 Å². The Hall–Kier alpha value is -4.37. The first kappa shape index (κ1) is 25.3. The molecule has 4 aromatic carbocycles. The van der Waals surface area contributed by atoms with Gasteiger partial charge in [0.15, 0.2) is 0 Å². The van der Waals surface area contributed by atoms with Crippen molar-refractivity contribution in [1.82, 2.24) is 9.97 Å². The first-order chi connectivity index (χ1) is 18.4. The minimum atomic E-state index is 0. The molecule has 0 fully saturated rings. The standard InChI is InChI=1S/C23H14NO.C11H8N.Ir/c1-2-8-16(9-3-1)17-10-7-14-21-22(17)19-12-6-11-18(23(19)25-21)20-13-4-5-15-24-20;1-2-6-10(7-3-1)11-8-4-5-9-12-11;/h1-10,12-15H;1-6,8-9H;/q2*-1;. The Morgan fingerprint density at radius 2 is 1.32 bits per heavy atom. The molecule has 3 heterocycles. The van der Waals surface area contributed by atoms with E-state index in [9.17, 15) is 0 Å². The zero-order valence-corrected chi connectivity index (χ0v) is 22.7. The number of benzene rings is 4. The average Bonchev–Trinajstić information content (AvgIpc) is 3.38. The summed E-state index contributed by atoms with van der Waals surface area (Å²) in [5.74, 6) is 0. The summed E-state index contributed by atoms with van der Waals surface area (Å²) in [5.41, 5.74) is 7.85. The molecule has 7 aromatic rings. The van der Waals surface area contributed by atoms with Crippen LogP contribution in [0.4, 0.5) is 0 Å². The van der Waals surface area contributed by atoms with E-state index in [4.69, 9.17) is 4.42 Å². The fourth-order valence-corrected chi connectivity index (χ4v) is 4.42. The van der Waals surface area contributed by atoms with Crippen LogP contribution in [0.2, 0.25) is 0 Å². The van der Waals surface area contributed by atoms with Gasteiger partial charge in [0.05, 0.1) is 5.58 Å². The van der Waals surface area contributed by atoms with Crippen LogP contribution in [0, 0.1) is 12.1 Å². The van der Waals surface area contributed by atoms with E-state index in [0.717, 1.165) is 44.5 Å². The third-order valence-corrected chi connectivity index (χ3v) is 6.11. The van der Waals surface area contributed by atoms with Crippen molar-refractivity contribution in [1.29, 1.82) is 0 Å². The molecule has 4 heteroatoms. The molecule has 0 aliphatic carbocycles. The maximum Gasteiger partial charge on any atom is 0.121 e. The second-order valence-electron chi connectivity index (χ2n) is 8.45. The van der Waals surface area contributed by atoms with Gasteiger partial charge < -0.3 is 14.4 Å². The predicted octanol–water partition coefficient (Wildman–Crippen LogP) is 8.66. The molecule has 185 valence electrons. The molecule has 0 aliphatic rings. The Kier molecular flexibility index (Phi) is 7.84. The van der Waals surface area contributed by atoms with Gasteiger partial charge in [-0.15, -0.1) is 54.1 Å². The summed E-state index contributed by atoms with van der Waals surface area (Å²) < 4.78 is 6.23. The van der Waals surface area contributed by atoms with Gasteiger partial charge in [-0.2, -0.15) is 0 Å². The van der Waals surface area contributed by atoms with E-state index >= 15 is 0 Å². The Balaban J connectivity index is 0.000000191. The molecular formula is C34H22IrN2O-2. The van der Waals surface area contributed by atoms with Crippen molar-refractivity contribution in [2.75, 3.05) is 0 Å².